The minimum absolute atomic E-state index is 0.0736. The topological polar surface area (TPSA) is 83.5 Å². The quantitative estimate of drug-likeness (QED) is 0.230. The Morgan fingerprint density at radius 3 is 2.52 bits per heavy atom. The second-order valence-corrected chi connectivity index (χ2v) is 11.5. The molecule has 0 radical (unpaired) electrons. The van der Waals surface area contributed by atoms with E-state index in [0.29, 0.717) is 6.54 Å². The van der Waals surface area contributed by atoms with Crippen LogP contribution in [-0.2, 0) is 11.3 Å². The molecule has 6 rings (SSSR count). The van der Waals surface area contributed by atoms with Crippen LogP contribution in [-0.4, -0.2) is 35.6 Å². The van der Waals surface area contributed by atoms with Crippen molar-refractivity contribution in [2.75, 3.05) is 19.6 Å². The van der Waals surface area contributed by atoms with Crippen LogP contribution in [0, 0.1) is 27.7 Å². The maximum Gasteiger partial charge on any atom is 0.217 e. The Kier molecular flexibility index (Phi) is 7.71. The number of rotatable bonds is 7. The summed E-state index contributed by atoms with van der Waals surface area (Å²) >= 11 is 0. The van der Waals surface area contributed by atoms with Crippen LogP contribution in [0.2, 0.25) is 0 Å². The number of benzene rings is 3. The molecule has 0 bridgehead atoms. The number of carbonyl (C=O) groups excluding carboxylic acids is 1. The number of furan rings is 1. The summed E-state index contributed by atoms with van der Waals surface area (Å²) < 4.78 is 11.8. The van der Waals surface area contributed by atoms with Crippen molar-refractivity contribution < 1.29 is 13.7 Å². The smallest absolute Gasteiger partial charge is 0.217 e. The maximum atomic E-state index is 12.3. The van der Waals surface area contributed by atoms with Crippen molar-refractivity contribution in [1.82, 2.24) is 20.7 Å². The van der Waals surface area contributed by atoms with Crippen molar-refractivity contribution in [2.45, 2.75) is 53.2 Å². The number of amides is 1. The normalized spacial score (nSPS) is 16.5. The van der Waals surface area contributed by atoms with E-state index < -0.39 is 0 Å². The number of nitrogens with one attached hydrogen (secondary N) is 2. The van der Waals surface area contributed by atoms with Crippen LogP contribution in [0.25, 0.3) is 22.1 Å². The number of hydrogen-bond acceptors (Lipinski definition) is 6. The predicted octanol–water partition coefficient (Wildman–Crippen LogP) is 6.69. The Morgan fingerprint density at radius 2 is 1.81 bits per heavy atom. The van der Waals surface area contributed by atoms with E-state index in [4.69, 9.17) is 8.94 Å². The number of carbonyl (C=O) groups is 1. The molecule has 1 aliphatic heterocycles. The van der Waals surface area contributed by atoms with Gasteiger partial charge in [0.2, 0.25) is 5.91 Å². The van der Waals surface area contributed by atoms with Gasteiger partial charge in [-0.15, -0.1) is 0 Å². The molecular formula is C35H38N4O3. The third-order valence-corrected chi connectivity index (χ3v) is 8.34. The van der Waals surface area contributed by atoms with Gasteiger partial charge in [-0.05, 0) is 73.7 Å². The van der Waals surface area contributed by atoms with Crippen molar-refractivity contribution >= 4 is 16.9 Å². The molecule has 1 amide bonds. The lowest BCUT2D eigenvalue weighted by atomic mass is 9.94. The lowest BCUT2D eigenvalue weighted by molar-refractivity contribution is -0.119. The van der Waals surface area contributed by atoms with Gasteiger partial charge in [-0.2, -0.15) is 0 Å². The summed E-state index contributed by atoms with van der Waals surface area (Å²) in [5.74, 6) is 1.71. The zero-order chi connectivity index (χ0) is 29.4. The molecular weight excluding hydrogens is 524 g/mol. The first kappa shape index (κ1) is 27.9. The molecule has 0 spiro atoms. The summed E-state index contributed by atoms with van der Waals surface area (Å²) in [7, 11) is 0. The van der Waals surface area contributed by atoms with Gasteiger partial charge in [-0.1, -0.05) is 59.3 Å². The molecule has 5 aromatic rings. The lowest BCUT2D eigenvalue weighted by Crippen LogP contribution is -2.45. The van der Waals surface area contributed by atoms with Crippen LogP contribution in [0.3, 0.4) is 0 Å². The SMILES string of the molecule is CC(=O)NC(c1ccc(-c2ccc(C)cc2C)cc1)c1ccc2oc(CN3CCNCC3c3c(C)noc3C)cc2c1. The van der Waals surface area contributed by atoms with E-state index in [1.165, 1.54) is 16.7 Å². The highest BCUT2D eigenvalue weighted by molar-refractivity contribution is 5.80. The van der Waals surface area contributed by atoms with Gasteiger partial charge in [0.25, 0.3) is 0 Å². The summed E-state index contributed by atoms with van der Waals surface area (Å²) in [4.78, 5) is 14.7. The van der Waals surface area contributed by atoms with E-state index in [1.54, 1.807) is 6.92 Å². The highest BCUT2D eigenvalue weighted by atomic mass is 16.5. The highest BCUT2D eigenvalue weighted by Crippen LogP contribution is 2.33. The molecule has 7 nitrogen and oxygen atoms in total. The maximum absolute atomic E-state index is 12.3. The molecule has 2 aromatic heterocycles. The highest BCUT2D eigenvalue weighted by Gasteiger charge is 2.29. The second kappa shape index (κ2) is 11.6. The zero-order valence-corrected chi connectivity index (χ0v) is 25.0. The van der Waals surface area contributed by atoms with Crippen molar-refractivity contribution in [3.05, 3.63) is 112 Å². The molecule has 216 valence electrons. The van der Waals surface area contributed by atoms with Crippen molar-refractivity contribution in [3.63, 3.8) is 0 Å². The second-order valence-electron chi connectivity index (χ2n) is 11.5. The van der Waals surface area contributed by atoms with Gasteiger partial charge < -0.3 is 19.6 Å². The standard InChI is InChI=1S/C35H38N4O3/c1-21-6-12-31(22(2)16-21)26-7-9-27(10-8-26)35(37-25(5)40)28-11-13-33-29(17-28)18-30(41-33)20-39-15-14-36-19-32(39)34-23(3)38-42-24(34)4/h6-13,16-18,32,35-36H,14-15,19-20H2,1-5H3,(H,37,40). The van der Waals surface area contributed by atoms with E-state index in [2.05, 4.69) is 89.1 Å². The first-order chi connectivity index (χ1) is 20.3. The average molecular weight is 563 g/mol. The fourth-order valence-corrected chi connectivity index (χ4v) is 6.32. The first-order valence-electron chi connectivity index (χ1n) is 14.6. The Morgan fingerprint density at radius 1 is 1.02 bits per heavy atom. The van der Waals surface area contributed by atoms with Gasteiger partial charge in [0, 0.05) is 37.5 Å². The summed E-state index contributed by atoms with van der Waals surface area (Å²) in [6.45, 7) is 13.2. The number of piperazine rings is 1. The largest absolute Gasteiger partial charge is 0.460 e. The Bertz CT molecular complexity index is 1710. The van der Waals surface area contributed by atoms with Crippen LogP contribution in [0.15, 0.2) is 75.7 Å². The molecule has 2 atom stereocenters. The molecule has 1 aliphatic rings. The van der Waals surface area contributed by atoms with Crippen LogP contribution in [0.5, 0.6) is 0 Å². The minimum atomic E-state index is -0.268. The number of hydrogen-bond donors (Lipinski definition) is 2. The predicted molar refractivity (Wildman–Crippen MR) is 165 cm³/mol. The average Bonchev–Trinajstić information content (AvgIpc) is 3.53. The monoisotopic (exact) mass is 562 g/mol. The van der Waals surface area contributed by atoms with Crippen molar-refractivity contribution in [3.8, 4) is 11.1 Å². The Labute approximate surface area is 246 Å². The van der Waals surface area contributed by atoms with Crippen LogP contribution >= 0.6 is 0 Å². The molecule has 0 saturated carbocycles. The van der Waals surface area contributed by atoms with Crippen LogP contribution in [0.1, 0.15) is 64.0 Å². The third kappa shape index (κ3) is 5.62. The fraction of sp³-hybridized carbons (Fsp3) is 0.314. The zero-order valence-electron chi connectivity index (χ0n) is 25.0. The molecule has 1 fully saturated rings. The first-order valence-corrected chi connectivity index (χ1v) is 14.6. The number of aryl methyl sites for hydroxylation is 4. The van der Waals surface area contributed by atoms with Gasteiger partial charge in [0.15, 0.2) is 0 Å². The summed E-state index contributed by atoms with van der Waals surface area (Å²) in [5, 5.41) is 11.9. The molecule has 0 aliphatic carbocycles. The van der Waals surface area contributed by atoms with Crippen LogP contribution in [0.4, 0.5) is 0 Å². The van der Waals surface area contributed by atoms with Gasteiger partial charge in [0.1, 0.15) is 17.1 Å². The lowest BCUT2D eigenvalue weighted by Gasteiger charge is -2.35. The van der Waals surface area contributed by atoms with Gasteiger partial charge in [0.05, 0.1) is 24.3 Å². The molecule has 1 saturated heterocycles. The van der Waals surface area contributed by atoms with E-state index >= 15 is 0 Å². The Balaban J connectivity index is 1.27. The summed E-state index contributed by atoms with van der Waals surface area (Å²) in [6.07, 6.45) is 0. The van der Waals surface area contributed by atoms with Gasteiger partial charge in [-0.25, -0.2) is 0 Å². The van der Waals surface area contributed by atoms with Crippen molar-refractivity contribution in [2.24, 2.45) is 0 Å². The van der Waals surface area contributed by atoms with Gasteiger partial charge in [-0.3, -0.25) is 9.69 Å². The summed E-state index contributed by atoms with van der Waals surface area (Å²) in [5.41, 5.74) is 9.86. The fourth-order valence-electron chi connectivity index (χ4n) is 6.32. The third-order valence-electron chi connectivity index (χ3n) is 8.34. The minimum Gasteiger partial charge on any atom is -0.460 e. The number of nitrogens with zero attached hydrogens (tertiary/aromatic N) is 2. The Hall–Kier alpha value is -4.20. The molecule has 2 N–H and O–H groups in total. The molecule has 3 heterocycles. The van der Waals surface area contributed by atoms with E-state index in [0.717, 1.165) is 70.1 Å². The van der Waals surface area contributed by atoms with E-state index in [9.17, 15) is 4.79 Å². The number of aromatic nitrogens is 1. The molecule has 7 heteroatoms. The van der Waals surface area contributed by atoms with Gasteiger partial charge >= 0.3 is 0 Å². The number of fused-ring (bicyclic) bond motifs is 1. The van der Waals surface area contributed by atoms with Crippen molar-refractivity contribution in [1.29, 1.82) is 0 Å². The van der Waals surface area contributed by atoms with Crippen LogP contribution < -0.4 is 10.6 Å². The molecule has 3 aromatic carbocycles. The molecule has 42 heavy (non-hydrogen) atoms. The van der Waals surface area contributed by atoms with E-state index in [1.807, 2.05) is 26.0 Å². The van der Waals surface area contributed by atoms with E-state index in [-0.39, 0.29) is 18.0 Å². The molecule has 2 unspecified atom stereocenters. The summed E-state index contributed by atoms with van der Waals surface area (Å²) in [6, 6.07) is 23.2.